The van der Waals surface area contributed by atoms with E-state index in [1.807, 2.05) is 34.9 Å². The fourth-order valence-electron chi connectivity index (χ4n) is 3.71. The Morgan fingerprint density at radius 2 is 1.83 bits per heavy atom. The van der Waals surface area contributed by atoms with E-state index >= 15 is 0 Å². The molecule has 1 aliphatic heterocycles. The fraction of sp³-hybridized carbons (Fsp3) is 0.227. The summed E-state index contributed by atoms with van der Waals surface area (Å²) in [7, 11) is 0. The van der Waals surface area contributed by atoms with Crippen LogP contribution in [0.5, 0.6) is 0 Å². The third-order valence-corrected chi connectivity index (χ3v) is 6.00. The standard InChI is InChI=1S/C22H19Cl2N3O3/c23-16-7-6-15(8-17(16)24)9-21(28)27-12-18-19(10-20(27)22(29)30)26(13-25-18)11-14-4-2-1-3-5-14/h1-8,13,20H,9-12H2,(H,29,30)/t20-/m0/s1. The molecule has 0 spiro atoms. The second kappa shape index (κ2) is 8.50. The Morgan fingerprint density at radius 3 is 2.53 bits per heavy atom. The van der Waals surface area contributed by atoms with Crippen molar-refractivity contribution < 1.29 is 14.7 Å². The summed E-state index contributed by atoms with van der Waals surface area (Å²) in [5.41, 5.74) is 3.36. The van der Waals surface area contributed by atoms with Crippen LogP contribution in [0.2, 0.25) is 10.0 Å². The molecule has 2 heterocycles. The molecule has 3 aromatic rings. The molecule has 1 N–H and O–H groups in total. The van der Waals surface area contributed by atoms with E-state index in [2.05, 4.69) is 4.98 Å². The second-order valence-corrected chi connectivity index (χ2v) is 8.07. The van der Waals surface area contributed by atoms with Crippen LogP contribution >= 0.6 is 23.2 Å². The van der Waals surface area contributed by atoms with Gasteiger partial charge in [-0.25, -0.2) is 9.78 Å². The molecule has 8 heteroatoms. The molecule has 154 valence electrons. The quantitative estimate of drug-likeness (QED) is 0.650. The maximum absolute atomic E-state index is 12.9. The van der Waals surface area contributed by atoms with Crippen LogP contribution in [0.4, 0.5) is 0 Å². The van der Waals surface area contributed by atoms with Gasteiger partial charge in [-0.3, -0.25) is 4.79 Å². The Kier molecular flexibility index (Phi) is 5.79. The van der Waals surface area contributed by atoms with Crippen molar-refractivity contribution in [2.24, 2.45) is 0 Å². The molecule has 0 bridgehead atoms. The molecule has 1 atom stereocenters. The number of amides is 1. The summed E-state index contributed by atoms with van der Waals surface area (Å²) in [6, 6.07) is 13.9. The lowest BCUT2D eigenvalue weighted by molar-refractivity contribution is -0.151. The predicted molar refractivity (Wildman–Crippen MR) is 114 cm³/mol. The predicted octanol–water partition coefficient (Wildman–Crippen LogP) is 3.82. The number of hydrogen-bond donors (Lipinski definition) is 1. The van der Waals surface area contributed by atoms with Crippen molar-refractivity contribution in [1.82, 2.24) is 14.5 Å². The lowest BCUT2D eigenvalue weighted by atomic mass is 10.0. The number of carboxylic acids is 1. The van der Waals surface area contributed by atoms with E-state index in [1.54, 1.807) is 24.5 Å². The maximum atomic E-state index is 12.9. The number of carboxylic acid groups (broad SMARTS) is 1. The molecule has 4 rings (SSSR count). The van der Waals surface area contributed by atoms with Crippen molar-refractivity contribution in [3.05, 3.63) is 87.4 Å². The first-order valence-corrected chi connectivity index (χ1v) is 10.2. The first-order chi connectivity index (χ1) is 14.4. The maximum Gasteiger partial charge on any atom is 0.326 e. The van der Waals surface area contributed by atoms with Crippen molar-refractivity contribution in [3.63, 3.8) is 0 Å². The number of aromatic nitrogens is 2. The first-order valence-electron chi connectivity index (χ1n) is 9.45. The van der Waals surface area contributed by atoms with Crippen LogP contribution in [0.15, 0.2) is 54.9 Å². The van der Waals surface area contributed by atoms with Gasteiger partial charge in [0.25, 0.3) is 0 Å². The van der Waals surface area contributed by atoms with Gasteiger partial charge in [0.05, 0.1) is 35.0 Å². The highest BCUT2D eigenvalue weighted by Crippen LogP contribution is 2.26. The van der Waals surface area contributed by atoms with Crippen LogP contribution in [0.25, 0.3) is 0 Å². The summed E-state index contributed by atoms with van der Waals surface area (Å²) in [6.45, 7) is 0.765. The minimum atomic E-state index is -1.03. The molecule has 1 amide bonds. The van der Waals surface area contributed by atoms with Crippen molar-refractivity contribution >= 4 is 35.1 Å². The summed E-state index contributed by atoms with van der Waals surface area (Å²) >= 11 is 12.0. The summed E-state index contributed by atoms with van der Waals surface area (Å²) in [5, 5.41) is 10.5. The van der Waals surface area contributed by atoms with Gasteiger partial charge in [0.15, 0.2) is 0 Å². The molecule has 0 radical (unpaired) electrons. The molecule has 0 fully saturated rings. The molecule has 1 aliphatic rings. The topological polar surface area (TPSA) is 75.4 Å². The number of nitrogens with zero attached hydrogens (tertiary/aromatic N) is 3. The zero-order valence-corrected chi connectivity index (χ0v) is 17.5. The third-order valence-electron chi connectivity index (χ3n) is 5.26. The van der Waals surface area contributed by atoms with Crippen LogP contribution < -0.4 is 0 Å². The number of carbonyl (C=O) groups is 2. The van der Waals surface area contributed by atoms with Crippen molar-refractivity contribution in [3.8, 4) is 0 Å². The van der Waals surface area contributed by atoms with Gasteiger partial charge < -0.3 is 14.6 Å². The number of aliphatic carboxylic acids is 1. The number of imidazole rings is 1. The van der Waals surface area contributed by atoms with Crippen molar-refractivity contribution in [1.29, 1.82) is 0 Å². The average molecular weight is 444 g/mol. The summed E-state index contributed by atoms with van der Waals surface area (Å²) < 4.78 is 1.96. The minimum absolute atomic E-state index is 0.0424. The van der Waals surface area contributed by atoms with Gasteiger partial charge in [-0.15, -0.1) is 0 Å². The van der Waals surface area contributed by atoms with Crippen LogP contribution in [-0.2, 0) is 35.5 Å². The SMILES string of the molecule is O=C(O)[C@@H]1Cc2c(ncn2Cc2ccccc2)CN1C(=O)Cc1ccc(Cl)c(Cl)c1. The van der Waals surface area contributed by atoms with Gasteiger partial charge >= 0.3 is 5.97 Å². The van der Waals surface area contributed by atoms with Crippen LogP contribution in [0.1, 0.15) is 22.5 Å². The summed E-state index contributed by atoms with van der Waals surface area (Å²) in [4.78, 5) is 30.7. The average Bonchev–Trinajstić information content (AvgIpc) is 3.12. The third kappa shape index (κ3) is 4.20. The zero-order valence-electron chi connectivity index (χ0n) is 16.0. The number of rotatable bonds is 5. The lowest BCUT2D eigenvalue weighted by Crippen LogP contribution is -2.49. The van der Waals surface area contributed by atoms with Gasteiger partial charge in [-0.05, 0) is 23.3 Å². The Labute approximate surface area is 183 Å². The van der Waals surface area contributed by atoms with Gasteiger partial charge in [0.2, 0.25) is 5.91 Å². The van der Waals surface area contributed by atoms with Crippen molar-refractivity contribution in [2.45, 2.75) is 32.0 Å². The van der Waals surface area contributed by atoms with Crippen LogP contribution in [0.3, 0.4) is 0 Å². The van der Waals surface area contributed by atoms with E-state index in [-0.39, 0.29) is 25.3 Å². The smallest absolute Gasteiger partial charge is 0.326 e. The van der Waals surface area contributed by atoms with Crippen molar-refractivity contribution in [2.75, 3.05) is 0 Å². The first kappa shape index (κ1) is 20.4. The molecule has 0 aliphatic carbocycles. The molecule has 0 saturated heterocycles. The number of halogens is 2. The summed E-state index contributed by atoms with van der Waals surface area (Å²) in [5.74, 6) is -1.32. The van der Waals surface area contributed by atoms with Gasteiger partial charge in [-0.2, -0.15) is 0 Å². The fourth-order valence-corrected chi connectivity index (χ4v) is 4.03. The number of benzene rings is 2. The molecule has 1 aromatic heterocycles. The highest BCUT2D eigenvalue weighted by Gasteiger charge is 2.36. The molecule has 2 aromatic carbocycles. The Balaban J connectivity index is 1.56. The number of fused-ring (bicyclic) bond motifs is 1. The van der Waals surface area contributed by atoms with E-state index in [9.17, 15) is 14.7 Å². The van der Waals surface area contributed by atoms with Gasteiger partial charge in [-0.1, -0.05) is 59.6 Å². The second-order valence-electron chi connectivity index (χ2n) is 7.26. The molecule has 30 heavy (non-hydrogen) atoms. The molecule has 0 saturated carbocycles. The van der Waals surface area contributed by atoms with Crippen LogP contribution in [-0.4, -0.2) is 37.5 Å². The Morgan fingerprint density at radius 1 is 1.07 bits per heavy atom. The minimum Gasteiger partial charge on any atom is -0.480 e. The van der Waals surface area contributed by atoms with Gasteiger partial charge in [0.1, 0.15) is 6.04 Å². The number of hydrogen-bond acceptors (Lipinski definition) is 3. The molecular weight excluding hydrogens is 425 g/mol. The number of carbonyl (C=O) groups excluding carboxylic acids is 1. The molecular formula is C22H19Cl2N3O3. The Hall–Kier alpha value is -2.83. The lowest BCUT2D eigenvalue weighted by Gasteiger charge is -2.33. The Bertz CT molecular complexity index is 1100. The highest BCUT2D eigenvalue weighted by molar-refractivity contribution is 6.42. The highest BCUT2D eigenvalue weighted by atomic mass is 35.5. The molecule has 6 nitrogen and oxygen atoms in total. The van der Waals surface area contributed by atoms with E-state index in [0.29, 0.717) is 22.2 Å². The van der Waals surface area contributed by atoms with Gasteiger partial charge in [0, 0.05) is 18.7 Å². The molecule has 0 unspecified atom stereocenters. The zero-order chi connectivity index (χ0) is 21.3. The van der Waals surface area contributed by atoms with E-state index in [1.165, 1.54) is 4.90 Å². The van der Waals surface area contributed by atoms with Crippen LogP contribution in [0, 0.1) is 0 Å². The largest absolute Gasteiger partial charge is 0.480 e. The monoisotopic (exact) mass is 443 g/mol. The van der Waals surface area contributed by atoms with E-state index in [4.69, 9.17) is 23.2 Å². The van der Waals surface area contributed by atoms with E-state index < -0.39 is 12.0 Å². The summed E-state index contributed by atoms with van der Waals surface area (Å²) in [6.07, 6.45) is 1.97. The normalized spacial score (nSPS) is 15.7. The van der Waals surface area contributed by atoms with E-state index in [0.717, 1.165) is 17.0 Å².